The van der Waals surface area contributed by atoms with Gasteiger partial charge >= 0.3 is 6.03 Å². The first kappa shape index (κ1) is 28.1. The van der Waals surface area contributed by atoms with Gasteiger partial charge in [0.2, 0.25) is 0 Å². The van der Waals surface area contributed by atoms with Crippen LogP contribution in [0.25, 0.3) is 0 Å². The van der Waals surface area contributed by atoms with Gasteiger partial charge in [-0.3, -0.25) is 10.2 Å². The van der Waals surface area contributed by atoms with E-state index in [2.05, 4.69) is 46.9 Å². The van der Waals surface area contributed by atoms with E-state index in [4.69, 9.17) is 4.74 Å². The van der Waals surface area contributed by atoms with Crippen molar-refractivity contribution < 1.29 is 18.3 Å². The molecule has 0 aromatic rings. The summed E-state index contributed by atoms with van der Waals surface area (Å²) in [5.41, 5.74) is 0. The molecule has 6 fully saturated rings. The molecule has 5 saturated heterocycles. The minimum absolute atomic E-state index is 0.00237. The number of ether oxygens (including phenoxy) is 1. The van der Waals surface area contributed by atoms with Crippen molar-refractivity contribution in [2.24, 2.45) is 29.6 Å². The largest absolute Gasteiger partial charge is 0.381 e. The summed E-state index contributed by atoms with van der Waals surface area (Å²) in [6, 6.07) is -0.359. The molecule has 11 unspecified atom stereocenters. The zero-order chi connectivity index (χ0) is 27.3. The van der Waals surface area contributed by atoms with Crippen molar-refractivity contribution >= 4 is 6.03 Å². The molecule has 2 bridgehead atoms. The molecule has 1 saturated carbocycles. The van der Waals surface area contributed by atoms with Crippen LogP contribution < -0.4 is 21.3 Å². The fourth-order valence-corrected chi connectivity index (χ4v) is 9.06. The van der Waals surface area contributed by atoms with Gasteiger partial charge in [-0.15, -0.1) is 0 Å². The van der Waals surface area contributed by atoms with E-state index in [1.165, 1.54) is 0 Å². The van der Waals surface area contributed by atoms with Crippen LogP contribution in [0, 0.1) is 29.6 Å². The standard InChI is InChI=1S/C29H50F2N6O2/c1-16(2)24-26-18(7-9-33-24)8-12-39-15-19-5-4-6-21(30)23(19)25-22(31)13-20-27(36-11-10-32-14-17(36)3)35-29(38)37(26)28(20)34-25/h16-28,32-34H,4-15H2,1-3H3,(H,35,38)/t17-,18?,19?,20?,21?,22?,23?,24?,25?,26?,27?,28?/m0/s1. The fraction of sp³-hybridized carbons (Fsp3) is 0.966. The number of piperazine rings is 1. The molecular weight excluding hydrogens is 502 g/mol. The van der Waals surface area contributed by atoms with Crippen LogP contribution in [0.15, 0.2) is 0 Å². The second kappa shape index (κ2) is 11.7. The average molecular weight is 553 g/mol. The molecule has 1 aliphatic carbocycles. The summed E-state index contributed by atoms with van der Waals surface area (Å²) in [4.78, 5) is 18.6. The highest BCUT2D eigenvalue weighted by atomic mass is 19.1. The maximum Gasteiger partial charge on any atom is 0.320 e. The van der Waals surface area contributed by atoms with E-state index in [-0.39, 0.29) is 48.3 Å². The van der Waals surface area contributed by atoms with Gasteiger partial charge in [-0.05, 0) is 63.3 Å². The van der Waals surface area contributed by atoms with Gasteiger partial charge in [0.25, 0.3) is 0 Å². The topological polar surface area (TPSA) is 80.9 Å². The zero-order valence-electron chi connectivity index (χ0n) is 24.0. The van der Waals surface area contributed by atoms with Crippen molar-refractivity contribution in [1.29, 1.82) is 0 Å². The number of fused-ring (bicyclic) bond motifs is 5. The molecular formula is C29H50F2N6O2. The Hall–Kier alpha value is -1.07. The lowest BCUT2D eigenvalue weighted by Gasteiger charge is -2.60. The number of halogens is 2. The van der Waals surface area contributed by atoms with Crippen molar-refractivity contribution in [3.63, 3.8) is 0 Å². The monoisotopic (exact) mass is 552 g/mol. The SMILES string of the molecule is CC(C)C1NCCC2CCOCC3CCCC(F)C3C3NC4C(CC3F)C(N3CCNC[C@@H]3C)NC(=O)N4C21. The number of rotatable bonds is 2. The predicted molar refractivity (Wildman–Crippen MR) is 147 cm³/mol. The number of nitrogens with one attached hydrogen (secondary N) is 4. The molecule has 0 aromatic carbocycles. The molecule has 5 heterocycles. The highest BCUT2D eigenvalue weighted by molar-refractivity contribution is 5.76. The molecule has 0 spiro atoms. The molecule has 39 heavy (non-hydrogen) atoms. The molecule has 5 aliphatic heterocycles. The van der Waals surface area contributed by atoms with Crippen LogP contribution in [-0.4, -0.2) is 104 Å². The van der Waals surface area contributed by atoms with Crippen LogP contribution in [0.4, 0.5) is 13.6 Å². The summed E-state index contributed by atoms with van der Waals surface area (Å²) < 4.78 is 38.2. The van der Waals surface area contributed by atoms with Gasteiger partial charge < -0.3 is 25.6 Å². The van der Waals surface area contributed by atoms with Gasteiger partial charge in [0.1, 0.15) is 12.3 Å². The molecule has 0 radical (unpaired) electrons. The highest BCUT2D eigenvalue weighted by Gasteiger charge is 2.57. The quantitative estimate of drug-likeness (QED) is 0.422. The predicted octanol–water partition coefficient (Wildman–Crippen LogP) is 2.45. The third kappa shape index (κ3) is 5.22. The van der Waals surface area contributed by atoms with Crippen LogP contribution in [0.2, 0.25) is 0 Å². The van der Waals surface area contributed by atoms with Gasteiger partial charge in [0, 0.05) is 62.8 Å². The third-order valence-electron chi connectivity index (χ3n) is 11.0. The minimum Gasteiger partial charge on any atom is -0.381 e. The number of nitrogens with zero attached hydrogens (tertiary/aromatic N) is 2. The summed E-state index contributed by atoms with van der Waals surface area (Å²) in [5, 5.41) is 14.2. The molecule has 4 N–H and O–H groups in total. The zero-order valence-corrected chi connectivity index (χ0v) is 24.0. The number of carbonyl (C=O) groups is 1. The van der Waals surface area contributed by atoms with Crippen molar-refractivity contribution in [2.45, 2.75) is 108 Å². The summed E-state index contributed by atoms with van der Waals surface area (Å²) in [5.74, 6) is 0.0686. The Labute approximate surface area is 232 Å². The van der Waals surface area contributed by atoms with Gasteiger partial charge in [0.05, 0.1) is 18.4 Å². The Morgan fingerprint density at radius 1 is 1.03 bits per heavy atom. The smallest absolute Gasteiger partial charge is 0.320 e. The van der Waals surface area contributed by atoms with Crippen molar-refractivity contribution in [3.8, 4) is 0 Å². The second-order valence-electron chi connectivity index (χ2n) is 13.6. The number of amides is 2. The number of hydrogen-bond donors (Lipinski definition) is 4. The molecule has 2 amide bonds. The van der Waals surface area contributed by atoms with E-state index < -0.39 is 24.3 Å². The number of piperidine rings is 2. The van der Waals surface area contributed by atoms with Crippen molar-refractivity contribution in [2.75, 3.05) is 39.4 Å². The van der Waals surface area contributed by atoms with Crippen LogP contribution >= 0.6 is 0 Å². The third-order valence-corrected chi connectivity index (χ3v) is 11.0. The van der Waals surface area contributed by atoms with Crippen LogP contribution in [0.3, 0.4) is 0 Å². The summed E-state index contributed by atoms with van der Waals surface area (Å²) in [6.07, 6.45) is 1.57. The lowest BCUT2D eigenvalue weighted by molar-refractivity contribution is -0.105. The number of alkyl halides is 2. The maximum atomic E-state index is 16.3. The Balaban J connectivity index is 1.41. The first-order chi connectivity index (χ1) is 18.8. The normalized spacial score (nSPS) is 47.8. The molecule has 0 aromatic heterocycles. The Kier molecular flexibility index (Phi) is 8.40. The van der Waals surface area contributed by atoms with Crippen molar-refractivity contribution in [1.82, 2.24) is 31.1 Å². The lowest BCUT2D eigenvalue weighted by Crippen LogP contribution is -2.80. The van der Waals surface area contributed by atoms with Crippen molar-refractivity contribution in [3.05, 3.63) is 0 Å². The maximum absolute atomic E-state index is 16.3. The molecule has 6 rings (SSSR count). The molecule has 6 aliphatic rings. The van der Waals surface area contributed by atoms with Gasteiger partial charge in [-0.2, -0.15) is 0 Å². The fourth-order valence-electron chi connectivity index (χ4n) is 9.06. The summed E-state index contributed by atoms with van der Waals surface area (Å²) in [7, 11) is 0. The Morgan fingerprint density at radius 3 is 2.67 bits per heavy atom. The first-order valence-corrected chi connectivity index (χ1v) is 15.8. The Bertz CT molecular complexity index is 868. The van der Waals surface area contributed by atoms with E-state index in [1.54, 1.807) is 0 Å². The molecule has 12 atom stereocenters. The lowest BCUT2D eigenvalue weighted by atomic mass is 9.69. The minimum atomic E-state index is -1.17. The van der Waals surface area contributed by atoms with Gasteiger partial charge in [0.15, 0.2) is 0 Å². The van der Waals surface area contributed by atoms with Crippen LogP contribution in [0.1, 0.15) is 59.3 Å². The van der Waals surface area contributed by atoms with E-state index in [1.807, 2.05) is 4.90 Å². The van der Waals surface area contributed by atoms with Crippen LogP contribution in [0.5, 0.6) is 0 Å². The number of carbonyl (C=O) groups excluding carboxylic acids is 1. The van der Waals surface area contributed by atoms with Gasteiger partial charge in [-0.1, -0.05) is 20.3 Å². The summed E-state index contributed by atoms with van der Waals surface area (Å²) in [6.45, 7) is 11.1. The van der Waals surface area contributed by atoms with Crippen LogP contribution in [-0.2, 0) is 4.74 Å². The number of urea groups is 1. The van der Waals surface area contributed by atoms with E-state index in [0.717, 1.165) is 51.9 Å². The van der Waals surface area contributed by atoms with Gasteiger partial charge in [-0.25, -0.2) is 13.6 Å². The summed E-state index contributed by atoms with van der Waals surface area (Å²) >= 11 is 0. The Morgan fingerprint density at radius 2 is 1.87 bits per heavy atom. The number of hydrogen-bond acceptors (Lipinski definition) is 6. The average Bonchev–Trinajstić information content (AvgIpc) is 2.91. The first-order valence-electron chi connectivity index (χ1n) is 15.8. The molecule has 8 nitrogen and oxygen atoms in total. The highest BCUT2D eigenvalue weighted by Crippen LogP contribution is 2.44. The van der Waals surface area contributed by atoms with E-state index in [0.29, 0.717) is 37.9 Å². The van der Waals surface area contributed by atoms with E-state index in [9.17, 15) is 4.79 Å². The molecule has 10 heteroatoms. The molecule has 222 valence electrons. The van der Waals surface area contributed by atoms with E-state index >= 15 is 8.78 Å². The second-order valence-corrected chi connectivity index (χ2v) is 13.6.